The number of sulfonamides is 1. The Morgan fingerprint density at radius 2 is 2.04 bits per heavy atom. The summed E-state index contributed by atoms with van der Waals surface area (Å²) in [5, 5.41) is 8.85. The van der Waals surface area contributed by atoms with Crippen molar-refractivity contribution >= 4 is 21.1 Å². The summed E-state index contributed by atoms with van der Waals surface area (Å²) in [6.07, 6.45) is 1.60. The van der Waals surface area contributed by atoms with E-state index in [1.807, 2.05) is 17.6 Å². The van der Waals surface area contributed by atoms with Crippen molar-refractivity contribution in [2.75, 3.05) is 7.11 Å². The van der Waals surface area contributed by atoms with Crippen molar-refractivity contribution in [1.29, 1.82) is 5.26 Å². The molecule has 0 fully saturated rings. The van der Waals surface area contributed by atoms with Crippen molar-refractivity contribution in [3.8, 4) is 11.9 Å². The molecule has 1 N–H and O–H groups in total. The van der Waals surface area contributed by atoms with Gasteiger partial charge >= 0.3 is 0 Å². The number of imidazole rings is 1. The molecule has 3 rings (SSSR count). The van der Waals surface area contributed by atoms with Crippen LogP contribution in [0.4, 0.5) is 0 Å². The second kappa shape index (κ2) is 7.34. The van der Waals surface area contributed by atoms with Gasteiger partial charge in [0, 0.05) is 12.6 Å². The van der Waals surface area contributed by atoms with E-state index < -0.39 is 16.1 Å². The highest BCUT2D eigenvalue weighted by atomic mass is 32.2. The third-order valence-corrected chi connectivity index (χ3v) is 5.73. The normalized spacial score (nSPS) is 12.7. The molecule has 2 aromatic heterocycles. The zero-order chi connectivity index (χ0) is 19.6. The van der Waals surface area contributed by atoms with Gasteiger partial charge in [-0.25, -0.2) is 23.1 Å². The number of nitriles is 1. The number of methoxy groups -OCH3 is 1. The fourth-order valence-corrected chi connectivity index (χ4v) is 4.07. The molecule has 3 aromatic rings. The fourth-order valence-electron chi connectivity index (χ4n) is 2.87. The quantitative estimate of drug-likeness (QED) is 0.697. The van der Waals surface area contributed by atoms with Gasteiger partial charge in [0.1, 0.15) is 11.3 Å². The number of hydrogen-bond donors (Lipinski definition) is 1. The third kappa shape index (κ3) is 3.63. The van der Waals surface area contributed by atoms with Crippen LogP contribution in [-0.4, -0.2) is 30.1 Å². The lowest BCUT2D eigenvalue weighted by Crippen LogP contribution is -2.28. The van der Waals surface area contributed by atoms with Gasteiger partial charge in [-0.2, -0.15) is 5.26 Å². The number of rotatable bonds is 6. The minimum atomic E-state index is -3.76. The van der Waals surface area contributed by atoms with Crippen LogP contribution in [0.5, 0.6) is 5.88 Å². The van der Waals surface area contributed by atoms with E-state index in [1.165, 1.54) is 31.4 Å². The van der Waals surface area contributed by atoms with Gasteiger partial charge in [-0.05, 0) is 38.1 Å². The first-order valence-electron chi connectivity index (χ1n) is 8.32. The molecule has 8 nitrogen and oxygen atoms in total. The minimum absolute atomic E-state index is 0.0934. The van der Waals surface area contributed by atoms with Crippen molar-refractivity contribution in [2.24, 2.45) is 0 Å². The van der Waals surface area contributed by atoms with Gasteiger partial charge in [0.2, 0.25) is 15.9 Å². The number of nitrogens with zero attached hydrogens (tertiary/aromatic N) is 4. The summed E-state index contributed by atoms with van der Waals surface area (Å²) < 4.78 is 35.1. The van der Waals surface area contributed by atoms with Crippen LogP contribution in [0.3, 0.4) is 0 Å². The van der Waals surface area contributed by atoms with E-state index >= 15 is 0 Å². The molecule has 0 aliphatic carbocycles. The number of aryl methyl sites for hydroxylation is 1. The van der Waals surface area contributed by atoms with Gasteiger partial charge in [0.15, 0.2) is 0 Å². The molecule has 0 amide bonds. The fraction of sp³-hybridized carbons (Fsp3) is 0.278. The highest BCUT2D eigenvalue weighted by molar-refractivity contribution is 7.89. The Morgan fingerprint density at radius 1 is 1.33 bits per heavy atom. The molecule has 140 valence electrons. The number of ether oxygens (including phenoxy) is 1. The predicted octanol–water partition coefficient (Wildman–Crippen LogP) is 2.37. The van der Waals surface area contributed by atoms with Crippen LogP contribution in [0.2, 0.25) is 0 Å². The first kappa shape index (κ1) is 18.8. The SMILES string of the molecule is CCn1c([C@@H](C)NS(=O)(=O)c2ccc(C#N)cc2)nc2cnc(OC)cc21. The summed E-state index contributed by atoms with van der Waals surface area (Å²) in [7, 11) is -2.22. The molecule has 0 saturated carbocycles. The zero-order valence-corrected chi connectivity index (χ0v) is 16.0. The van der Waals surface area contributed by atoms with E-state index in [0.29, 0.717) is 29.3 Å². The first-order valence-corrected chi connectivity index (χ1v) is 9.80. The van der Waals surface area contributed by atoms with E-state index in [1.54, 1.807) is 19.2 Å². The molecule has 0 saturated heterocycles. The Labute approximate surface area is 157 Å². The summed E-state index contributed by atoms with van der Waals surface area (Å²) in [6, 6.07) is 8.93. The lowest BCUT2D eigenvalue weighted by molar-refractivity contribution is 0.398. The summed E-state index contributed by atoms with van der Waals surface area (Å²) in [6.45, 7) is 4.31. The zero-order valence-electron chi connectivity index (χ0n) is 15.2. The maximum atomic E-state index is 12.7. The van der Waals surface area contributed by atoms with Crippen molar-refractivity contribution in [3.05, 3.63) is 47.9 Å². The van der Waals surface area contributed by atoms with E-state index in [-0.39, 0.29) is 4.90 Å². The van der Waals surface area contributed by atoms with E-state index in [9.17, 15) is 8.42 Å². The van der Waals surface area contributed by atoms with Gasteiger partial charge < -0.3 is 9.30 Å². The van der Waals surface area contributed by atoms with E-state index in [2.05, 4.69) is 14.7 Å². The van der Waals surface area contributed by atoms with E-state index in [4.69, 9.17) is 10.00 Å². The lowest BCUT2D eigenvalue weighted by atomic mass is 10.2. The van der Waals surface area contributed by atoms with Crippen LogP contribution in [0.1, 0.15) is 31.3 Å². The second-order valence-electron chi connectivity index (χ2n) is 5.91. The monoisotopic (exact) mass is 385 g/mol. The molecule has 0 aliphatic heterocycles. The number of nitrogens with one attached hydrogen (secondary N) is 1. The summed E-state index contributed by atoms with van der Waals surface area (Å²) >= 11 is 0. The molecule has 0 aliphatic rings. The molecule has 2 heterocycles. The van der Waals surface area contributed by atoms with Crippen LogP contribution < -0.4 is 9.46 Å². The van der Waals surface area contributed by atoms with Crippen molar-refractivity contribution in [3.63, 3.8) is 0 Å². The molecule has 0 bridgehead atoms. The summed E-state index contributed by atoms with van der Waals surface area (Å²) in [5.74, 6) is 1.05. The van der Waals surface area contributed by atoms with Crippen LogP contribution in [0, 0.1) is 11.3 Å². The molecular formula is C18H19N5O3S. The van der Waals surface area contributed by atoms with Crippen molar-refractivity contribution in [1.82, 2.24) is 19.3 Å². The largest absolute Gasteiger partial charge is 0.481 e. The standard InChI is InChI=1S/C18H19N5O3S/c1-4-23-16-9-17(26-3)20-11-15(16)21-18(23)12(2)22-27(24,25)14-7-5-13(10-19)6-8-14/h5-9,11-12,22H,4H2,1-3H3/t12-/m1/s1. The number of hydrogen-bond acceptors (Lipinski definition) is 6. The Morgan fingerprint density at radius 3 is 2.63 bits per heavy atom. The van der Waals surface area contributed by atoms with Crippen LogP contribution in [0.15, 0.2) is 41.4 Å². The molecule has 0 radical (unpaired) electrons. The molecule has 0 spiro atoms. The molecular weight excluding hydrogens is 366 g/mol. The third-order valence-electron chi connectivity index (χ3n) is 4.18. The second-order valence-corrected chi connectivity index (χ2v) is 7.62. The molecule has 27 heavy (non-hydrogen) atoms. The average molecular weight is 385 g/mol. The number of aromatic nitrogens is 3. The Hall–Kier alpha value is -2.96. The molecule has 1 atom stereocenters. The topological polar surface area (TPSA) is 110 Å². The van der Waals surface area contributed by atoms with Crippen LogP contribution >= 0.6 is 0 Å². The van der Waals surface area contributed by atoms with Gasteiger partial charge in [-0.15, -0.1) is 0 Å². The first-order chi connectivity index (χ1) is 12.9. The highest BCUT2D eigenvalue weighted by Crippen LogP contribution is 2.24. The smallest absolute Gasteiger partial charge is 0.241 e. The maximum Gasteiger partial charge on any atom is 0.241 e. The summed E-state index contributed by atoms with van der Waals surface area (Å²) in [4.78, 5) is 8.78. The van der Waals surface area contributed by atoms with Gasteiger partial charge in [0.05, 0.1) is 41.4 Å². The maximum absolute atomic E-state index is 12.7. The number of pyridine rings is 1. The van der Waals surface area contributed by atoms with Gasteiger partial charge in [-0.1, -0.05) is 0 Å². The number of fused-ring (bicyclic) bond motifs is 1. The minimum Gasteiger partial charge on any atom is -0.481 e. The lowest BCUT2D eigenvalue weighted by Gasteiger charge is -2.15. The van der Waals surface area contributed by atoms with Crippen molar-refractivity contribution < 1.29 is 13.2 Å². The molecule has 9 heteroatoms. The Balaban J connectivity index is 1.95. The summed E-state index contributed by atoms with van der Waals surface area (Å²) in [5.41, 5.74) is 1.89. The van der Waals surface area contributed by atoms with Crippen LogP contribution in [0.25, 0.3) is 11.0 Å². The van der Waals surface area contributed by atoms with E-state index in [0.717, 1.165) is 5.52 Å². The number of benzene rings is 1. The van der Waals surface area contributed by atoms with Gasteiger partial charge in [-0.3, -0.25) is 0 Å². The Kier molecular flexibility index (Phi) is 5.12. The molecule has 0 unspecified atom stereocenters. The molecule has 1 aromatic carbocycles. The van der Waals surface area contributed by atoms with Crippen molar-refractivity contribution in [2.45, 2.75) is 31.3 Å². The van der Waals surface area contributed by atoms with Gasteiger partial charge in [0.25, 0.3) is 0 Å². The average Bonchev–Trinajstić information content (AvgIpc) is 3.05. The van der Waals surface area contributed by atoms with Crippen LogP contribution in [-0.2, 0) is 16.6 Å². The predicted molar refractivity (Wildman–Crippen MR) is 99.6 cm³/mol. The Bertz CT molecular complexity index is 1110. The highest BCUT2D eigenvalue weighted by Gasteiger charge is 2.23.